The molecule has 6 heteroatoms. The smallest absolute Gasteiger partial charge is 0.147 e. The molecule has 0 saturated carbocycles. The molecule has 0 aliphatic carbocycles. The molecule has 0 amide bonds. The van der Waals surface area contributed by atoms with Crippen LogP contribution in [0, 0.1) is 0 Å². The van der Waals surface area contributed by atoms with E-state index in [1.54, 1.807) is 13.2 Å². The molecular formula is C14H23Cl2N3O. The quantitative estimate of drug-likeness (QED) is 0.626. The number of rotatable bonds is 10. The number of halogens is 2. The lowest BCUT2D eigenvalue weighted by Gasteiger charge is -2.12. The van der Waals surface area contributed by atoms with E-state index in [2.05, 4.69) is 22.5 Å². The summed E-state index contributed by atoms with van der Waals surface area (Å²) in [5.41, 5.74) is 0. The largest absolute Gasteiger partial charge is 0.385 e. The molecule has 1 aromatic heterocycles. The Morgan fingerprint density at radius 2 is 1.70 bits per heavy atom. The van der Waals surface area contributed by atoms with Crippen LogP contribution < -0.4 is 10.6 Å². The van der Waals surface area contributed by atoms with Crippen molar-refractivity contribution in [3.8, 4) is 0 Å². The molecule has 0 radical (unpaired) electrons. The van der Waals surface area contributed by atoms with Crippen molar-refractivity contribution in [1.82, 2.24) is 4.98 Å². The first-order valence-electron chi connectivity index (χ1n) is 7.01. The highest BCUT2D eigenvalue weighted by Crippen LogP contribution is 2.29. The Labute approximate surface area is 131 Å². The maximum absolute atomic E-state index is 6.14. The van der Waals surface area contributed by atoms with Gasteiger partial charge in [0.25, 0.3) is 0 Å². The molecule has 0 unspecified atom stereocenters. The van der Waals surface area contributed by atoms with Gasteiger partial charge >= 0.3 is 0 Å². The van der Waals surface area contributed by atoms with E-state index in [0.717, 1.165) is 45.4 Å². The predicted molar refractivity (Wildman–Crippen MR) is 87.3 cm³/mol. The van der Waals surface area contributed by atoms with Gasteiger partial charge in [0.2, 0.25) is 0 Å². The van der Waals surface area contributed by atoms with Crippen LogP contribution >= 0.6 is 23.2 Å². The zero-order valence-corrected chi connectivity index (χ0v) is 13.7. The maximum atomic E-state index is 6.14. The topological polar surface area (TPSA) is 46.2 Å². The van der Waals surface area contributed by atoms with Gasteiger partial charge in [-0.2, -0.15) is 0 Å². The number of unbranched alkanes of at least 4 members (excludes halogenated alkanes) is 2. The first-order valence-corrected chi connectivity index (χ1v) is 7.77. The summed E-state index contributed by atoms with van der Waals surface area (Å²) in [5, 5.41) is 7.54. The van der Waals surface area contributed by atoms with E-state index in [1.165, 1.54) is 0 Å². The van der Waals surface area contributed by atoms with Gasteiger partial charge in [-0.15, -0.1) is 0 Å². The van der Waals surface area contributed by atoms with Crippen molar-refractivity contribution in [2.75, 3.05) is 37.4 Å². The van der Waals surface area contributed by atoms with Crippen LogP contribution in [0.3, 0.4) is 0 Å². The van der Waals surface area contributed by atoms with Crippen molar-refractivity contribution < 1.29 is 4.74 Å². The fourth-order valence-corrected chi connectivity index (χ4v) is 2.21. The van der Waals surface area contributed by atoms with E-state index < -0.39 is 0 Å². The van der Waals surface area contributed by atoms with E-state index >= 15 is 0 Å². The lowest BCUT2D eigenvalue weighted by Crippen LogP contribution is -2.08. The Morgan fingerprint density at radius 1 is 1.05 bits per heavy atom. The van der Waals surface area contributed by atoms with E-state index in [1.807, 2.05) is 0 Å². The third kappa shape index (κ3) is 6.16. The van der Waals surface area contributed by atoms with Crippen molar-refractivity contribution in [2.45, 2.75) is 32.6 Å². The van der Waals surface area contributed by atoms with Gasteiger partial charge < -0.3 is 15.4 Å². The number of aromatic nitrogens is 1. The lowest BCUT2D eigenvalue weighted by molar-refractivity contribution is 0.192. The molecule has 0 spiro atoms. The number of hydrogen-bond acceptors (Lipinski definition) is 4. The summed E-state index contributed by atoms with van der Waals surface area (Å²) in [6, 6.07) is 1.72. The zero-order valence-electron chi connectivity index (χ0n) is 12.1. The molecule has 2 N–H and O–H groups in total. The van der Waals surface area contributed by atoms with Gasteiger partial charge in [0.15, 0.2) is 0 Å². The first kappa shape index (κ1) is 17.3. The summed E-state index contributed by atoms with van der Waals surface area (Å²) in [6.07, 6.45) is 4.26. The number of hydrogen-bond donors (Lipinski definition) is 2. The van der Waals surface area contributed by atoms with Crippen LogP contribution in [0.1, 0.15) is 32.6 Å². The highest BCUT2D eigenvalue weighted by Gasteiger charge is 2.08. The first-order chi connectivity index (χ1) is 9.69. The second-order valence-corrected chi connectivity index (χ2v) is 5.37. The standard InChI is InChI=1S/C14H23Cl2N3O/c1-3-7-17-13-11(15)10-12(16)14(19-13)18-8-5-4-6-9-20-2/h10H,3-9H2,1-2H3,(H2,17,18,19). The SMILES string of the molecule is CCCNc1nc(NCCCCCOC)c(Cl)cc1Cl. The van der Waals surface area contributed by atoms with Crippen LogP contribution in [-0.4, -0.2) is 31.8 Å². The average molecular weight is 320 g/mol. The molecule has 0 fully saturated rings. The summed E-state index contributed by atoms with van der Waals surface area (Å²) in [4.78, 5) is 4.43. The maximum Gasteiger partial charge on any atom is 0.147 e. The molecule has 114 valence electrons. The number of nitrogens with one attached hydrogen (secondary N) is 2. The van der Waals surface area contributed by atoms with Crippen LogP contribution in [0.5, 0.6) is 0 Å². The summed E-state index contributed by atoms with van der Waals surface area (Å²) in [5.74, 6) is 1.36. The fraction of sp³-hybridized carbons (Fsp3) is 0.643. The molecule has 0 aromatic carbocycles. The minimum Gasteiger partial charge on any atom is -0.385 e. The second kappa shape index (κ2) is 10.1. The number of nitrogens with zero attached hydrogens (tertiary/aromatic N) is 1. The van der Waals surface area contributed by atoms with Gasteiger partial charge in [0.05, 0.1) is 10.0 Å². The lowest BCUT2D eigenvalue weighted by atomic mass is 10.2. The van der Waals surface area contributed by atoms with E-state index in [-0.39, 0.29) is 0 Å². The zero-order chi connectivity index (χ0) is 14.8. The van der Waals surface area contributed by atoms with Gasteiger partial charge in [-0.05, 0) is 31.7 Å². The Balaban J connectivity index is 2.47. The summed E-state index contributed by atoms with van der Waals surface area (Å²) < 4.78 is 5.02. The van der Waals surface area contributed by atoms with Gasteiger partial charge in [0, 0.05) is 26.8 Å². The fourth-order valence-electron chi connectivity index (χ4n) is 1.71. The molecular weight excluding hydrogens is 297 g/mol. The van der Waals surface area contributed by atoms with Gasteiger partial charge in [0.1, 0.15) is 11.6 Å². The number of methoxy groups -OCH3 is 1. The van der Waals surface area contributed by atoms with Crippen molar-refractivity contribution >= 4 is 34.8 Å². The molecule has 20 heavy (non-hydrogen) atoms. The molecule has 1 aromatic rings. The normalized spacial score (nSPS) is 10.6. The molecule has 0 bridgehead atoms. The van der Waals surface area contributed by atoms with Crippen LogP contribution in [0.4, 0.5) is 11.6 Å². The minimum absolute atomic E-state index is 0.550. The predicted octanol–water partition coefficient (Wildman–Crippen LogP) is 4.44. The van der Waals surface area contributed by atoms with Gasteiger partial charge in [-0.3, -0.25) is 0 Å². The molecule has 0 aliphatic heterocycles. The van der Waals surface area contributed by atoms with Crippen molar-refractivity contribution in [3.05, 3.63) is 16.1 Å². The highest BCUT2D eigenvalue weighted by atomic mass is 35.5. The summed E-state index contributed by atoms with van der Waals surface area (Å²) in [6.45, 7) is 4.58. The molecule has 0 atom stereocenters. The third-order valence-corrected chi connectivity index (χ3v) is 3.37. The van der Waals surface area contributed by atoms with Gasteiger partial charge in [-0.1, -0.05) is 30.1 Å². The molecule has 4 nitrogen and oxygen atoms in total. The van der Waals surface area contributed by atoms with E-state index in [9.17, 15) is 0 Å². The second-order valence-electron chi connectivity index (χ2n) is 4.56. The molecule has 1 rings (SSSR count). The van der Waals surface area contributed by atoms with E-state index in [0.29, 0.717) is 21.7 Å². The molecule has 0 saturated heterocycles. The Morgan fingerprint density at radius 3 is 2.30 bits per heavy atom. The third-order valence-electron chi connectivity index (χ3n) is 2.79. The van der Waals surface area contributed by atoms with E-state index in [4.69, 9.17) is 27.9 Å². The van der Waals surface area contributed by atoms with Crippen molar-refractivity contribution in [2.24, 2.45) is 0 Å². The molecule has 0 aliphatic rings. The van der Waals surface area contributed by atoms with Crippen LogP contribution in [0.2, 0.25) is 10.0 Å². The summed E-state index contributed by atoms with van der Waals surface area (Å²) in [7, 11) is 1.72. The number of pyridine rings is 1. The minimum atomic E-state index is 0.550. The van der Waals surface area contributed by atoms with Crippen LogP contribution in [0.25, 0.3) is 0 Å². The Hall–Kier alpha value is -0.710. The number of anilines is 2. The average Bonchev–Trinajstić information content (AvgIpc) is 2.43. The number of ether oxygens (including phenoxy) is 1. The summed E-state index contributed by atoms with van der Waals surface area (Å²) >= 11 is 12.2. The Kier molecular flexibility index (Phi) is 8.74. The monoisotopic (exact) mass is 319 g/mol. The van der Waals surface area contributed by atoms with Crippen LogP contribution in [-0.2, 0) is 4.74 Å². The van der Waals surface area contributed by atoms with Crippen molar-refractivity contribution in [3.63, 3.8) is 0 Å². The van der Waals surface area contributed by atoms with Crippen molar-refractivity contribution in [1.29, 1.82) is 0 Å². The Bertz CT molecular complexity index is 402. The van der Waals surface area contributed by atoms with Gasteiger partial charge in [-0.25, -0.2) is 4.98 Å². The van der Waals surface area contributed by atoms with Crippen LogP contribution in [0.15, 0.2) is 6.07 Å². The highest BCUT2D eigenvalue weighted by molar-refractivity contribution is 6.37. The molecule has 1 heterocycles.